The molecule has 0 bridgehead atoms. The highest BCUT2D eigenvalue weighted by molar-refractivity contribution is 9.10. The summed E-state index contributed by atoms with van der Waals surface area (Å²) in [5.41, 5.74) is 2.41. The van der Waals surface area contributed by atoms with Gasteiger partial charge >= 0.3 is 0 Å². The maximum absolute atomic E-state index is 12.3. The Balaban J connectivity index is 1.79. The number of methoxy groups -OCH3 is 1. The molecule has 0 N–H and O–H groups in total. The summed E-state index contributed by atoms with van der Waals surface area (Å²) in [6.45, 7) is 0. The van der Waals surface area contributed by atoms with Gasteiger partial charge in [-0.1, -0.05) is 40.2 Å². The summed E-state index contributed by atoms with van der Waals surface area (Å²) in [6, 6.07) is 16.3. The predicted octanol–water partition coefficient (Wildman–Crippen LogP) is 4.76. The Morgan fingerprint density at radius 1 is 1.09 bits per heavy atom. The van der Waals surface area contributed by atoms with Crippen molar-refractivity contribution < 1.29 is 9.53 Å². The maximum Gasteiger partial charge on any atom is 0.140 e. The third-order valence-electron chi connectivity index (χ3n) is 4.47. The number of carbonyl (C=O) groups is 1. The summed E-state index contributed by atoms with van der Waals surface area (Å²) in [5.74, 6) is 1.67. The van der Waals surface area contributed by atoms with Gasteiger partial charge in [-0.05, 0) is 54.2 Å². The van der Waals surface area contributed by atoms with E-state index in [-0.39, 0.29) is 5.92 Å². The van der Waals surface area contributed by atoms with Gasteiger partial charge < -0.3 is 4.74 Å². The number of ketones is 1. The molecule has 0 unspecified atom stereocenters. The smallest absolute Gasteiger partial charge is 0.140 e. The van der Waals surface area contributed by atoms with Gasteiger partial charge in [0.1, 0.15) is 11.5 Å². The summed E-state index contributed by atoms with van der Waals surface area (Å²) in [5, 5.41) is 0. The van der Waals surface area contributed by atoms with Crippen molar-refractivity contribution in [2.45, 2.75) is 25.2 Å². The van der Waals surface area contributed by atoms with Crippen molar-refractivity contribution in [2.24, 2.45) is 5.92 Å². The lowest BCUT2D eigenvalue weighted by molar-refractivity contribution is -0.118. The fraction of sp³-hybridized carbons (Fsp3) is 0.316. The summed E-state index contributed by atoms with van der Waals surface area (Å²) in [7, 11) is 1.67. The minimum Gasteiger partial charge on any atom is -0.497 e. The Kier molecular flexibility index (Phi) is 4.63. The summed E-state index contributed by atoms with van der Waals surface area (Å²) in [4.78, 5) is 12.3. The minimum absolute atomic E-state index is 0.0372. The van der Waals surface area contributed by atoms with Gasteiger partial charge in [0, 0.05) is 16.8 Å². The quantitative estimate of drug-likeness (QED) is 0.787. The Labute approximate surface area is 139 Å². The molecule has 2 nitrogen and oxygen atoms in total. The molecule has 3 rings (SSSR count). The molecule has 22 heavy (non-hydrogen) atoms. The first-order chi connectivity index (χ1) is 10.7. The Hall–Kier alpha value is -1.61. The van der Waals surface area contributed by atoms with Crippen LogP contribution in [0, 0.1) is 5.92 Å². The van der Waals surface area contributed by atoms with E-state index in [0.29, 0.717) is 18.1 Å². The first-order valence-corrected chi connectivity index (χ1v) is 8.38. The van der Waals surface area contributed by atoms with E-state index in [0.717, 1.165) is 28.6 Å². The minimum atomic E-state index is 0.0372. The third-order valence-corrected chi connectivity index (χ3v) is 4.99. The standard InChI is InChI=1S/C19H19BrO2/c1-22-17-9-2-13(3-10-17)12-15-6-11-18(21)19(15)14-4-7-16(20)8-5-14/h2-5,7-10,15,19H,6,11-12H2,1H3/t15-,19-/m1/s1. The molecule has 0 radical (unpaired) electrons. The Bertz CT molecular complexity index is 646. The van der Waals surface area contributed by atoms with Gasteiger partial charge in [0.05, 0.1) is 7.11 Å². The van der Waals surface area contributed by atoms with Crippen LogP contribution in [0.3, 0.4) is 0 Å². The number of hydrogen-bond acceptors (Lipinski definition) is 2. The molecule has 1 saturated carbocycles. The van der Waals surface area contributed by atoms with Crippen molar-refractivity contribution in [1.29, 1.82) is 0 Å². The average Bonchev–Trinajstić information content (AvgIpc) is 2.90. The normalized spacial score (nSPS) is 21.1. The summed E-state index contributed by atoms with van der Waals surface area (Å²) >= 11 is 3.45. The number of carbonyl (C=O) groups excluding carboxylic acids is 1. The molecule has 2 atom stereocenters. The number of rotatable bonds is 4. The van der Waals surface area contributed by atoms with E-state index in [2.05, 4.69) is 40.2 Å². The van der Waals surface area contributed by atoms with E-state index < -0.39 is 0 Å². The van der Waals surface area contributed by atoms with E-state index in [1.54, 1.807) is 7.11 Å². The van der Waals surface area contributed by atoms with Crippen molar-refractivity contribution in [3.05, 3.63) is 64.1 Å². The Morgan fingerprint density at radius 2 is 1.77 bits per heavy atom. The van der Waals surface area contributed by atoms with Crippen LogP contribution >= 0.6 is 15.9 Å². The van der Waals surface area contributed by atoms with Gasteiger partial charge in [-0.2, -0.15) is 0 Å². The molecule has 0 heterocycles. The zero-order chi connectivity index (χ0) is 15.5. The number of benzene rings is 2. The number of hydrogen-bond donors (Lipinski definition) is 0. The van der Waals surface area contributed by atoms with Crippen LogP contribution in [0.2, 0.25) is 0 Å². The van der Waals surface area contributed by atoms with Crippen molar-refractivity contribution in [3.63, 3.8) is 0 Å². The zero-order valence-electron chi connectivity index (χ0n) is 12.6. The maximum atomic E-state index is 12.3. The lowest BCUT2D eigenvalue weighted by Gasteiger charge is -2.19. The largest absolute Gasteiger partial charge is 0.497 e. The van der Waals surface area contributed by atoms with Crippen molar-refractivity contribution >= 4 is 21.7 Å². The predicted molar refractivity (Wildman–Crippen MR) is 91.3 cm³/mol. The van der Waals surface area contributed by atoms with Crippen LogP contribution in [-0.2, 0) is 11.2 Å². The summed E-state index contributed by atoms with van der Waals surface area (Å²) in [6.07, 6.45) is 2.61. The highest BCUT2D eigenvalue weighted by Gasteiger charge is 2.35. The molecule has 114 valence electrons. The molecule has 1 fully saturated rings. The summed E-state index contributed by atoms with van der Waals surface area (Å²) < 4.78 is 6.25. The SMILES string of the molecule is COc1ccc(C[C@H]2CCC(=O)[C@@H]2c2ccc(Br)cc2)cc1. The van der Waals surface area contributed by atoms with Crippen LogP contribution in [0.5, 0.6) is 5.75 Å². The van der Waals surface area contributed by atoms with Gasteiger partial charge in [-0.25, -0.2) is 0 Å². The van der Waals surface area contributed by atoms with Crippen LogP contribution in [0.4, 0.5) is 0 Å². The fourth-order valence-corrected chi connectivity index (χ4v) is 3.59. The molecule has 2 aromatic rings. The molecular weight excluding hydrogens is 340 g/mol. The molecule has 0 spiro atoms. The van der Waals surface area contributed by atoms with Gasteiger partial charge in [0.15, 0.2) is 0 Å². The highest BCUT2D eigenvalue weighted by atomic mass is 79.9. The van der Waals surface area contributed by atoms with Gasteiger partial charge in [-0.15, -0.1) is 0 Å². The third kappa shape index (κ3) is 3.25. The fourth-order valence-electron chi connectivity index (χ4n) is 3.33. The van der Waals surface area contributed by atoms with Gasteiger partial charge in [0.25, 0.3) is 0 Å². The number of halogens is 1. The topological polar surface area (TPSA) is 26.3 Å². The molecule has 0 aromatic heterocycles. The molecule has 0 saturated heterocycles. The Morgan fingerprint density at radius 3 is 2.41 bits per heavy atom. The monoisotopic (exact) mass is 358 g/mol. The van der Waals surface area contributed by atoms with E-state index >= 15 is 0 Å². The number of Topliss-reactive ketones (excluding diaryl/α,β-unsaturated/α-hetero) is 1. The van der Waals surface area contributed by atoms with Crippen LogP contribution in [0.25, 0.3) is 0 Å². The molecule has 3 heteroatoms. The molecule has 1 aliphatic rings. The second kappa shape index (κ2) is 6.66. The van der Waals surface area contributed by atoms with Crippen LogP contribution in [0.1, 0.15) is 29.9 Å². The van der Waals surface area contributed by atoms with E-state index in [9.17, 15) is 4.79 Å². The second-order valence-electron chi connectivity index (χ2n) is 5.85. The van der Waals surface area contributed by atoms with Crippen molar-refractivity contribution in [1.82, 2.24) is 0 Å². The van der Waals surface area contributed by atoms with Crippen molar-refractivity contribution in [3.8, 4) is 5.75 Å². The molecular formula is C19H19BrO2. The lowest BCUT2D eigenvalue weighted by atomic mass is 9.84. The van der Waals surface area contributed by atoms with E-state index in [4.69, 9.17) is 4.74 Å². The highest BCUT2D eigenvalue weighted by Crippen LogP contribution is 2.39. The molecule has 2 aromatic carbocycles. The van der Waals surface area contributed by atoms with Crippen molar-refractivity contribution in [2.75, 3.05) is 7.11 Å². The van der Waals surface area contributed by atoms with Crippen LogP contribution < -0.4 is 4.74 Å². The van der Waals surface area contributed by atoms with E-state index in [1.165, 1.54) is 5.56 Å². The van der Waals surface area contributed by atoms with Crippen LogP contribution in [-0.4, -0.2) is 12.9 Å². The zero-order valence-corrected chi connectivity index (χ0v) is 14.2. The van der Waals surface area contributed by atoms with Crippen LogP contribution in [0.15, 0.2) is 53.0 Å². The first kappa shape index (κ1) is 15.3. The van der Waals surface area contributed by atoms with E-state index in [1.807, 2.05) is 24.3 Å². The molecule has 0 amide bonds. The van der Waals surface area contributed by atoms with Gasteiger partial charge in [-0.3, -0.25) is 4.79 Å². The number of ether oxygens (including phenoxy) is 1. The lowest BCUT2D eigenvalue weighted by Crippen LogP contribution is -2.14. The molecule has 1 aliphatic carbocycles. The molecule has 0 aliphatic heterocycles. The first-order valence-electron chi connectivity index (χ1n) is 7.58. The average molecular weight is 359 g/mol. The van der Waals surface area contributed by atoms with Gasteiger partial charge in [0.2, 0.25) is 0 Å². The second-order valence-corrected chi connectivity index (χ2v) is 6.76.